The number of hydrogen-bond donors (Lipinski definition) is 2. The summed E-state index contributed by atoms with van der Waals surface area (Å²) < 4.78 is 0. The number of nitrogens with one attached hydrogen (secondary N) is 1. The quantitative estimate of drug-likeness (QED) is 0.694. The third kappa shape index (κ3) is 4.88. The van der Waals surface area contributed by atoms with Crippen LogP contribution in [0.25, 0.3) is 0 Å². The van der Waals surface area contributed by atoms with Crippen LogP contribution in [-0.4, -0.2) is 22.7 Å². The first-order valence-electron chi connectivity index (χ1n) is 4.54. The minimum absolute atomic E-state index is 0.170. The number of carbonyl (C=O) groups is 1. The van der Waals surface area contributed by atoms with Crippen LogP contribution in [0.1, 0.15) is 41.5 Å². The highest BCUT2D eigenvalue weighted by molar-refractivity contribution is 5.74. The molecule has 3 heteroatoms. The van der Waals surface area contributed by atoms with Crippen LogP contribution in [0.2, 0.25) is 0 Å². The Morgan fingerprint density at radius 2 is 1.54 bits per heavy atom. The predicted octanol–water partition coefficient (Wildman–Crippen LogP) is 1.87. The van der Waals surface area contributed by atoms with Crippen molar-refractivity contribution in [1.82, 2.24) is 5.32 Å². The molecule has 0 bridgehead atoms. The second kappa shape index (κ2) is 3.66. The number of carboxylic acids is 1. The van der Waals surface area contributed by atoms with E-state index in [2.05, 4.69) is 5.32 Å². The van der Waals surface area contributed by atoms with Crippen molar-refractivity contribution in [2.45, 2.75) is 53.1 Å². The van der Waals surface area contributed by atoms with E-state index in [4.69, 9.17) is 5.11 Å². The Balaban J connectivity index is 4.56. The molecule has 0 rings (SSSR count). The molecule has 0 amide bonds. The highest BCUT2D eigenvalue weighted by Gasteiger charge is 2.33. The Hall–Kier alpha value is -0.570. The molecule has 0 aliphatic heterocycles. The molecule has 0 aliphatic carbocycles. The molecule has 0 aromatic heterocycles. The Morgan fingerprint density at radius 1 is 1.15 bits per heavy atom. The van der Waals surface area contributed by atoms with Gasteiger partial charge in [0.05, 0.1) is 0 Å². The molecule has 0 heterocycles. The van der Waals surface area contributed by atoms with Crippen molar-refractivity contribution in [1.29, 1.82) is 0 Å². The van der Waals surface area contributed by atoms with E-state index in [-0.39, 0.29) is 11.0 Å². The van der Waals surface area contributed by atoms with Gasteiger partial charge in [0.15, 0.2) is 0 Å². The molecule has 2 N–H and O–H groups in total. The standard InChI is InChI=1S/C10H21NO2/c1-9(2,3)7(8(12)13)11-10(4,5)6/h7,11H,1-6H3,(H,12,13). The monoisotopic (exact) mass is 187 g/mol. The molecule has 1 unspecified atom stereocenters. The van der Waals surface area contributed by atoms with Gasteiger partial charge in [-0.15, -0.1) is 0 Å². The lowest BCUT2D eigenvalue weighted by molar-refractivity contribution is -0.143. The third-order valence-corrected chi connectivity index (χ3v) is 1.69. The summed E-state index contributed by atoms with van der Waals surface area (Å²) in [5.41, 5.74) is -0.435. The van der Waals surface area contributed by atoms with E-state index in [1.54, 1.807) is 0 Å². The van der Waals surface area contributed by atoms with Gasteiger partial charge in [-0.3, -0.25) is 10.1 Å². The Bertz CT molecular complexity index is 186. The number of rotatable bonds is 2. The molecule has 0 fully saturated rings. The van der Waals surface area contributed by atoms with Gasteiger partial charge in [0.1, 0.15) is 6.04 Å². The summed E-state index contributed by atoms with van der Waals surface area (Å²) in [7, 11) is 0. The summed E-state index contributed by atoms with van der Waals surface area (Å²) in [6, 6.07) is -0.507. The molecule has 3 nitrogen and oxygen atoms in total. The molecule has 0 spiro atoms. The zero-order valence-corrected chi connectivity index (χ0v) is 9.43. The largest absolute Gasteiger partial charge is 0.480 e. The molecular weight excluding hydrogens is 166 g/mol. The normalized spacial score (nSPS) is 15.5. The van der Waals surface area contributed by atoms with E-state index in [0.717, 1.165) is 0 Å². The van der Waals surface area contributed by atoms with Crippen LogP contribution in [0.4, 0.5) is 0 Å². The molecule has 13 heavy (non-hydrogen) atoms. The van der Waals surface area contributed by atoms with Crippen LogP contribution < -0.4 is 5.32 Å². The zero-order chi connectivity index (χ0) is 10.9. The average Bonchev–Trinajstić information content (AvgIpc) is 1.77. The van der Waals surface area contributed by atoms with Crippen molar-refractivity contribution in [3.8, 4) is 0 Å². The van der Waals surface area contributed by atoms with E-state index in [1.165, 1.54) is 0 Å². The van der Waals surface area contributed by atoms with Gasteiger partial charge >= 0.3 is 5.97 Å². The summed E-state index contributed by atoms with van der Waals surface area (Å²) in [5.74, 6) is -0.789. The fourth-order valence-electron chi connectivity index (χ4n) is 1.08. The zero-order valence-electron chi connectivity index (χ0n) is 9.43. The SMILES string of the molecule is CC(C)(C)NC(C(=O)O)C(C)(C)C. The van der Waals surface area contributed by atoms with Crippen molar-refractivity contribution >= 4 is 5.97 Å². The minimum Gasteiger partial charge on any atom is -0.480 e. The third-order valence-electron chi connectivity index (χ3n) is 1.69. The lowest BCUT2D eigenvalue weighted by atomic mass is 9.85. The second-order valence-corrected chi connectivity index (χ2v) is 5.53. The molecule has 0 aromatic carbocycles. The smallest absolute Gasteiger partial charge is 0.321 e. The van der Waals surface area contributed by atoms with E-state index in [1.807, 2.05) is 41.5 Å². The summed E-state index contributed by atoms with van der Waals surface area (Å²) in [5, 5.41) is 12.1. The van der Waals surface area contributed by atoms with Gasteiger partial charge in [-0.25, -0.2) is 0 Å². The minimum atomic E-state index is -0.789. The van der Waals surface area contributed by atoms with Crippen LogP contribution >= 0.6 is 0 Å². The highest BCUT2D eigenvalue weighted by Crippen LogP contribution is 2.21. The first-order chi connectivity index (χ1) is 5.54. The molecule has 0 saturated heterocycles. The van der Waals surface area contributed by atoms with Crippen LogP contribution in [0.5, 0.6) is 0 Å². The summed E-state index contributed by atoms with van der Waals surface area (Å²) in [6.45, 7) is 11.7. The van der Waals surface area contributed by atoms with Crippen molar-refractivity contribution < 1.29 is 9.90 Å². The van der Waals surface area contributed by atoms with Gasteiger partial charge in [-0.05, 0) is 26.2 Å². The number of aliphatic carboxylic acids is 1. The Kier molecular flexibility index (Phi) is 3.50. The number of hydrogen-bond acceptors (Lipinski definition) is 2. The summed E-state index contributed by atoms with van der Waals surface area (Å²) in [4.78, 5) is 11.0. The molecular formula is C10H21NO2. The summed E-state index contributed by atoms with van der Waals surface area (Å²) >= 11 is 0. The van der Waals surface area contributed by atoms with Crippen molar-refractivity contribution in [2.75, 3.05) is 0 Å². The molecule has 0 aliphatic rings. The molecule has 0 radical (unpaired) electrons. The lowest BCUT2D eigenvalue weighted by Crippen LogP contribution is -2.53. The van der Waals surface area contributed by atoms with Gasteiger partial charge in [0.2, 0.25) is 0 Å². The van der Waals surface area contributed by atoms with E-state index in [0.29, 0.717) is 0 Å². The van der Waals surface area contributed by atoms with Gasteiger partial charge < -0.3 is 5.11 Å². The van der Waals surface area contributed by atoms with Crippen LogP contribution in [0, 0.1) is 5.41 Å². The topological polar surface area (TPSA) is 49.3 Å². The van der Waals surface area contributed by atoms with Gasteiger partial charge in [0.25, 0.3) is 0 Å². The second-order valence-electron chi connectivity index (χ2n) is 5.53. The predicted molar refractivity (Wildman–Crippen MR) is 53.8 cm³/mol. The lowest BCUT2D eigenvalue weighted by Gasteiger charge is -2.34. The van der Waals surface area contributed by atoms with Crippen molar-refractivity contribution in [2.24, 2.45) is 5.41 Å². The van der Waals surface area contributed by atoms with Crippen molar-refractivity contribution in [3.63, 3.8) is 0 Å². The van der Waals surface area contributed by atoms with Crippen molar-refractivity contribution in [3.05, 3.63) is 0 Å². The molecule has 0 aromatic rings. The number of carboxylic acid groups (broad SMARTS) is 1. The Labute approximate surface area is 80.5 Å². The maximum atomic E-state index is 11.0. The fourth-order valence-corrected chi connectivity index (χ4v) is 1.08. The first kappa shape index (κ1) is 12.4. The molecule has 78 valence electrons. The average molecular weight is 187 g/mol. The van der Waals surface area contributed by atoms with Gasteiger partial charge in [-0.1, -0.05) is 20.8 Å². The molecule has 0 saturated carbocycles. The van der Waals surface area contributed by atoms with Gasteiger partial charge in [-0.2, -0.15) is 0 Å². The van der Waals surface area contributed by atoms with Crippen LogP contribution in [-0.2, 0) is 4.79 Å². The Morgan fingerprint density at radius 3 is 1.62 bits per heavy atom. The fraction of sp³-hybridized carbons (Fsp3) is 0.900. The van der Waals surface area contributed by atoms with Crippen LogP contribution in [0.15, 0.2) is 0 Å². The molecule has 1 atom stereocenters. The van der Waals surface area contributed by atoms with E-state index >= 15 is 0 Å². The summed E-state index contributed by atoms with van der Waals surface area (Å²) in [6.07, 6.45) is 0. The maximum Gasteiger partial charge on any atom is 0.321 e. The van der Waals surface area contributed by atoms with E-state index in [9.17, 15) is 4.79 Å². The van der Waals surface area contributed by atoms with Gasteiger partial charge in [0, 0.05) is 5.54 Å². The maximum absolute atomic E-state index is 11.0. The van der Waals surface area contributed by atoms with E-state index < -0.39 is 12.0 Å². The highest BCUT2D eigenvalue weighted by atomic mass is 16.4. The van der Waals surface area contributed by atoms with Crippen LogP contribution in [0.3, 0.4) is 0 Å². The first-order valence-corrected chi connectivity index (χ1v) is 4.54.